The Balaban J connectivity index is 1.91. The quantitative estimate of drug-likeness (QED) is 0.854. The van der Waals surface area contributed by atoms with Gasteiger partial charge in [0.2, 0.25) is 0 Å². The molecule has 1 fully saturated rings. The van der Waals surface area contributed by atoms with Gasteiger partial charge in [0.15, 0.2) is 0 Å². The summed E-state index contributed by atoms with van der Waals surface area (Å²) >= 11 is 3.60. The summed E-state index contributed by atoms with van der Waals surface area (Å²) in [5.41, 5.74) is 0.122. The molecule has 0 spiro atoms. The Morgan fingerprint density at radius 3 is 2.82 bits per heavy atom. The summed E-state index contributed by atoms with van der Waals surface area (Å²) in [7, 11) is 0. The molecule has 2 rings (SSSR count). The second-order valence-corrected chi connectivity index (χ2v) is 5.57. The molecule has 1 aliphatic carbocycles. The zero-order valence-electron chi connectivity index (χ0n) is 9.46. The van der Waals surface area contributed by atoms with Gasteiger partial charge in [0.1, 0.15) is 5.82 Å². The highest BCUT2D eigenvalue weighted by Gasteiger charge is 2.25. The van der Waals surface area contributed by atoms with Crippen LogP contribution in [0.2, 0.25) is 0 Å². The summed E-state index contributed by atoms with van der Waals surface area (Å²) in [4.78, 5) is 12.2. The lowest BCUT2D eigenvalue weighted by molar-refractivity contribution is 0.0944. The number of amides is 1. The third-order valence-corrected chi connectivity index (χ3v) is 4.42. The maximum atomic E-state index is 13.3. The molecule has 17 heavy (non-hydrogen) atoms. The van der Waals surface area contributed by atoms with Crippen molar-refractivity contribution < 1.29 is 9.18 Å². The van der Waals surface area contributed by atoms with Crippen molar-refractivity contribution in [2.24, 2.45) is 5.92 Å². The molecule has 0 heterocycles. The Kier molecular flexibility index (Phi) is 4.15. The minimum Gasteiger partial charge on any atom is -0.352 e. The zero-order chi connectivity index (χ0) is 12.3. The van der Waals surface area contributed by atoms with Gasteiger partial charge in [0, 0.05) is 11.4 Å². The van der Waals surface area contributed by atoms with Crippen molar-refractivity contribution in [1.82, 2.24) is 5.32 Å². The van der Waals surface area contributed by atoms with Crippen molar-refractivity contribution in [1.29, 1.82) is 0 Å². The van der Waals surface area contributed by atoms with Gasteiger partial charge in [0.05, 0.1) is 5.56 Å². The van der Waals surface area contributed by atoms with Gasteiger partial charge >= 0.3 is 0 Å². The lowest BCUT2D eigenvalue weighted by atomic mass is 10.1. The van der Waals surface area contributed by atoms with Crippen LogP contribution in [0.25, 0.3) is 0 Å². The first kappa shape index (κ1) is 12.6. The molecule has 4 heteroatoms. The number of halogens is 2. The molecule has 0 bridgehead atoms. The van der Waals surface area contributed by atoms with E-state index >= 15 is 0 Å². The van der Waals surface area contributed by atoms with Gasteiger partial charge in [-0.1, -0.05) is 34.5 Å². The van der Waals surface area contributed by atoms with Crippen LogP contribution in [0.5, 0.6) is 0 Å². The maximum absolute atomic E-state index is 13.3. The van der Waals surface area contributed by atoms with Crippen molar-refractivity contribution in [2.45, 2.75) is 24.1 Å². The first-order chi connectivity index (χ1) is 8.18. The zero-order valence-corrected chi connectivity index (χ0v) is 11.0. The Morgan fingerprint density at radius 2 is 2.18 bits per heavy atom. The lowest BCUT2D eigenvalue weighted by Gasteiger charge is -2.14. The van der Waals surface area contributed by atoms with Gasteiger partial charge < -0.3 is 5.32 Å². The van der Waals surface area contributed by atoms with Crippen molar-refractivity contribution in [3.8, 4) is 0 Å². The van der Waals surface area contributed by atoms with E-state index in [-0.39, 0.29) is 11.5 Å². The van der Waals surface area contributed by atoms with Gasteiger partial charge in [-0.2, -0.15) is 0 Å². The maximum Gasteiger partial charge on any atom is 0.254 e. The third-order valence-electron chi connectivity index (χ3n) is 3.21. The number of hydrogen-bond donors (Lipinski definition) is 1. The average molecular weight is 300 g/mol. The fourth-order valence-electron chi connectivity index (χ4n) is 2.19. The van der Waals surface area contributed by atoms with Crippen LogP contribution in [-0.2, 0) is 0 Å². The monoisotopic (exact) mass is 299 g/mol. The number of carbonyl (C=O) groups is 1. The van der Waals surface area contributed by atoms with Crippen molar-refractivity contribution in [3.63, 3.8) is 0 Å². The van der Waals surface area contributed by atoms with Crippen LogP contribution in [0.3, 0.4) is 0 Å². The van der Waals surface area contributed by atoms with Crippen molar-refractivity contribution in [2.75, 3.05) is 6.54 Å². The number of nitrogens with one attached hydrogen (secondary N) is 1. The lowest BCUT2D eigenvalue weighted by Crippen LogP contribution is -2.31. The van der Waals surface area contributed by atoms with Crippen LogP contribution in [0.15, 0.2) is 24.3 Å². The Labute approximate surface area is 109 Å². The highest BCUT2D eigenvalue weighted by Crippen LogP contribution is 2.30. The van der Waals surface area contributed by atoms with E-state index in [0.717, 1.165) is 12.8 Å². The topological polar surface area (TPSA) is 29.1 Å². The summed E-state index contributed by atoms with van der Waals surface area (Å²) < 4.78 is 13.3. The largest absolute Gasteiger partial charge is 0.352 e. The molecular weight excluding hydrogens is 285 g/mol. The minimum atomic E-state index is -0.466. The summed E-state index contributed by atoms with van der Waals surface area (Å²) in [5.74, 6) is -0.327. The highest BCUT2D eigenvalue weighted by molar-refractivity contribution is 9.09. The molecule has 0 saturated heterocycles. The van der Waals surface area contributed by atoms with Crippen LogP contribution in [0.4, 0.5) is 4.39 Å². The molecule has 1 aromatic rings. The van der Waals surface area contributed by atoms with E-state index in [9.17, 15) is 9.18 Å². The third kappa shape index (κ3) is 3.06. The summed E-state index contributed by atoms with van der Waals surface area (Å²) in [6.45, 7) is 0.614. The molecule has 1 saturated carbocycles. The number of alkyl halides is 1. The first-order valence-corrected chi connectivity index (χ1v) is 6.77. The Hall–Kier alpha value is -0.900. The SMILES string of the molecule is O=C(NCC1CCCC1Br)c1ccccc1F. The van der Waals surface area contributed by atoms with Crippen molar-refractivity contribution >= 4 is 21.8 Å². The smallest absolute Gasteiger partial charge is 0.254 e. The van der Waals surface area contributed by atoms with Gasteiger partial charge in [-0.25, -0.2) is 4.39 Å². The summed E-state index contributed by atoms with van der Waals surface area (Å²) in [5, 5.41) is 2.80. The molecule has 2 atom stereocenters. The van der Waals surface area contributed by atoms with Gasteiger partial charge in [-0.05, 0) is 30.9 Å². The summed E-state index contributed by atoms with van der Waals surface area (Å²) in [6, 6.07) is 6.06. The van der Waals surface area contributed by atoms with E-state index in [1.165, 1.54) is 18.6 Å². The molecule has 2 nitrogen and oxygen atoms in total. The second-order valence-electron chi connectivity index (χ2n) is 4.40. The molecule has 92 valence electrons. The number of carbonyl (C=O) groups excluding carboxylic acids is 1. The molecule has 0 radical (unpaired) electrons. The summed E-state index contributed by atoms with van der Waals surface area (Å²) in [6.07, 6.45) is 3.46. The van der Waals surface area contributed by atoms with Gasteiger partial charge in [-0.15, -0.1) is 0 Å². The number of hydrogen-bond acceptors (Lipinski definition) is 1. The van der Waals surface area contributed by atoms with E-state index in [4.69, 9.17) is 0 Å². The predicted molar refractivity (Wildman–Crippen MR) is 68.8 cm³/mol. The molecule has 1 N–H and O–H groups in total. The molecular formula is C13H15BrFNO. The Morgan fingerprint density at radius 1 is 1.41 bits per heavy atom. The average Bonchev–Trinajstić information content (AvgIpc) is 2.72. The predicted octanol–water partition coefficient (Wildman–Crippen LogP) is 3.12. The Bertz CT molecular complexity index is 410. The normalized spacial score (nSPS) is 23.6. The molecule has 0 aliphatic heterocycles. The minimum absolute atomic E-state index is 0.122. The van der Waals surface area contributed by atoms with E-state index in [0.29, 0.717) is 17.3 Å². The molecule has 1 aromatic carbocycles. The van der Waals surface area contributed by atoms with E-state index in [1.807, 2.05) is 0 Å². The van der Waals surface area contributed by atoms with Crippen LogP contribution < -0.4 is 5.32 Å². The molecule has 2 unspecified atom stereocenters. The highest BCUT2D eigenvalue weighted by atomic mass is 79.9. The van der Waals surface area contributed by atoms with Crippen LogP contribution in [0.1, 0.15) is 29.6 Å². The van der Waals surface area contributed by atoms with Crippen LogP contribution >= 0.6 is 15.9 Å². The fraction of sp³-hybridized carbons (Fsp3) is 0.462. The van der Waals surface area contributed by atoms with Crippen molar-refractivity contribution in [3.05, 3.63) is 35.6 Å². The van der Waals surface area contributed by atoms with Crippen LogP contribution in [0, 0.1) is 11.7 Å². The number of benzene rings is 1. The van der Waals surface area contributed by atoms with E-state index < -0.39 is 5.82 Å². The molecule has 1 aliphatic rings. The number of rotatable bonds is 3. The van der Waals surface area contributed by atoms with E-state index in [2.05, 4.69) is 21.2 Å². The fourth-order valence-corrected chi connectivity index (χ4v) is 2.96. The molecule has 0 aromatic heterocycles. The van der Waals surface area contributed by atoms with Gasteiger partial charge in [0.25, 0.3) is 5.91 Å². The van der Waals surface area contributed by atoms with E-state index in [1.54, 1.807) is 12.1 Å². The first-order valence-electron chi connectivity index (χ1n) is 5.85. The molecule has 1 amide bonds. The standard InChI is InChI=1S/C13H15BrFNO/c14-11-6-3-4-9(11)8-16-13(17)10-5-1-2-7-12(10)15/h1-2,5,7,9,11H,3-4,6,8H2,(H,16,17). The second kappa shape index (κ2) is 5.63. The van der Waals surface area contributed by atoms with Crippen LogP contribution in [-0.4, -0.2) is 17.3 Å². The van der Waals surface area contributed by atoms with Gasteiger partial charge in [-0.3, -0.25) is 4.79 Å².